The van der Waals surface area contributed by atoms with Crippen molar-refractivity contribution in [2.45, 2.75) is 31.7 Å². The van der Waals surface area contributed by atoms with Crippen LogP contribution in [0.5, 0.6) is 0 Å². The van der Waals surface area contributed by atoms with Crippen molar-refractivity contribution < 1.29 is 4.79 Å². The number of hydrogen-bond acceptors (Lipinski definition) is 5. The van der Waals surface area contributed by atoms with Crippen LogP contribution < -0.4 is 5.32 Å². The van der Waals surface area contributed by atoms with E-state index in [9.17, 15) is 4.79 Å². The van der Waals surface area contributed by atoms with Gasteiger partial charge in [-0.15, -0.1) is 22.7 Å². The van der Waals surface area contributed by atoms with E-state index in [1.165, 1.54) is 17.0 Å². The molecular formula is C17H17ClN4OS2. The quantitative estimate of drug-likeness (QED) is 0.730. The van der Waals surface area contributed by atoms with E-state index in [0.29, 0.717) is 6.42 Å². The molecule has 0 unspecified atom stereocenters. The fourth-order valence-electron chi connectivity index (χ4n) is 3.20. The Hall–Kier alpha value is -1.70. The number of thiazole rings is 1. The van der Waals surface area contributed by atoms with Crippen LogP contribution in [-0.2, 0) is 24.7 Å². The average Bonchev–Trinajstić information content (AvgIpc) is 3.29. The van der Waals surface area contributed by atoms with Crippen molar-refractivity contribution in [3.63, 3.8) is 0 Å². The van der Waals surface area contributed by atoms with Crippen molar-refractivity contribution in [1.82, 2.24) is 20.1 Å². The van der Waals surface area contributed by atoms with Gasteiger partial charge in [0, 0.05) is 23.7 Å². The Kier molecular flexibility index (Phi) is 4.62. The van der Waals surface area contributed by atoms with E-state index < -0.39 is 0 Å². The Labute approximate surface area is 158 Å². The van der Waals surface area contributed by atoms with Crippen LogP contribution in [0.3, 0.4) is 0 Å². The minimum absolute atomic E-state index is 0.00256. The molecule has 5 nitrogen and oxygen atoms in total. The number of carbonyl (C=O) groups excluding carboxylic acids is 1. The summed E-state index contributed by atoms with van der Waals surface area (Å²) in [7, 11) is 1.96. The van der Waals surface area contributed by atoms with Crippen molar-refractivity contribution in [2.75, 3.05) is 0 Å². The van der Waals surface area contributed by atoms with Gasteiger partial charge in [0.05, 0.1) is 33.6 Å². The van der Waals surface area contributed by atoms with E-state index in [1.807, 2.05) is 35.4 Å². The van der Waals surface area contributed by atoms with Gasteiger partial charge >= 0.3 is 0 Å². The first-order valence-electron chi connectivity index (χ1n) is 8.10. The summed E-state index contributed by atoms with van der Waals surface area (Å²) < 4.78 is 2.65. The number of carbonyl (C=O) groups is 1. The number of aryl methyl sites for hydroxylation is 1. The Morgan fingerprint density at radius 1 is 1.48 bits per heavy atom. The molecule has 8 heteroatoms. The number of nitrogens with one attached hydrogen (secondary N) is 1. The summed E-state index contributed by atoms with van der Waals surface area (Å²) in [6, 6.07) is 3.88. The van der Waals surface area contributed by atoms with Crippen molar-refractivity contribution in [3.05, 3.63) is 45.0 Å². The monoisotopic (exact) mass is 392 g/mol. The summed E-state index contributed by atoms with van der Waals surface area (Å²) in [5.41, 5.74) is 3.17. The minimum Gasteiger partial charge on any atom is -0.349 e. The standard InChI is InChI=1S/C17H17ClN4OS2/c1-22-13-4-2-3-12(11(13)8-19-22)21-16(23)7-10-9-24-17(20-10)14-5-6-15(18)25-14/h5-6,8-9,12H,2-4,7H2,1H3,(H,21,23)/t12-/m0/s1. The molecule has 1 aliphatic rings. The molecule has 25 heavy (non-hydrogen) atoms. The Morgan fingerprint density at radius 3 is 3.16 bits per heavy atom. The Bertz CT molecular complexity index is 914. The molecule has 0 fully saturated rings. The highest BCUT2D eigenvalue weighted by Crippen LogP contribution is 2.33. The average molecular weight is 393 g/mol. The lowest BCUT2D eigenvalue weighted by atomic mass is 9.93. The molecule has 1 N–H and O–H groups in total. The van der Waals surface area contributed by atoms with Gasteiger partial charge in [0.2, 0.25) is 5.91 Å². The van der Waals surface area contributed by atoms with Crippen LogP contribution in [0.25, 0.3) is 9.88 Å². The molecule has 3 heterocycles. The molecule has 1 amide bonds. The third-order valence-electron chi connectivity index (χ3n) is 4.39. The van der Waals surface area contributed by atoms with E-state index in [-0.39, 0.29) is 11.9 Å². The molecule has 3 aromatic heterocycles. The normalized spacial score (nSPS) is 16.6. The van der Waals surface area contributed by atoms with Crippen LogP contribution in [0.15, 0.2) is 23.7 Å². The van der Waals surface area contributed by atoms with Crippen molar-refractivity contribution >= 4 is 40.2 Å². The first-order chi connectivity index (χ1) is 12.1. The number of rotatable bonds is 4. The van der Waals surface area contributed by atoms with Gasteiger partial charge in [0.25, 0.3) is 0 Å². The van der Waals surface area contributed by atoms with Gasteiger partial charge in [-0.25, -0.2) is 4.98 Å². The molecule has 0 aliphatic heterocycles. The number of halogens is 1. The topological polar surface area (TPSA) is 59.8 Å². The van der Waals surface area contributed by atoms with E-state index in [4.69, 9.17) is 11.6 Å². The number of amides is 1. The number of thiophene rings is 1. The second-order valence-electron chi connectivity index (χ2n) is 6.11. The minimum atomic E-state index is 0.00256. The zero-order valence-corrected chi connectivity index (χ0v) is 16.0. The molecule has 4 rings (SSSR count). The van der Waals surface area contributed by atoms with Crippen LogP contribution >= 0.6 is 34.3 Å². The van der Waals surface area contributed by atoms with Crippen LogP contribution in [0.4, 0.5) is 0 Å². The van der Waals surface area contributed by atoms with E-state index in [2.05, 4.69) is 15.4 Å². The summed E-state index contributed by atoms with van der Waals surface area (Å²) in [4.78, 5) is 18.1. The van der Waals surface area contributed by atoms with Crippen LogP contribution in [0.2, 0.25) is 4.34 Å². The lowest BCUT2D eigenvalue weighted by Crippen LogP contribution is -2.32. The fraction of sp³-hybridized carbons (Fsp3) is 0.353. The van der Waals surface area contributed by atoms with Crippen LogP contribution in [0.1, 0.15) is 35.8 Å². The third kappa shape index (κ3) is 3.49. The molecule has 1 atom stereocenters. The largest absolute Gasteiger partial charge is 0.349 e. The maximum Gasteiger partial charge on any atom is 0.226 e. The first-order valence-corrected chi connectivity index (χ1v) is 10.2. The molecule has 0 spiro atoms. The summed E-state index contributed by atoms with van der Waals surface area (Å²) in [6.07, 6.45) is 5.22. The molecule has 130 valence electrons. The van der Waals surface area contributed by atoms with Gasteiger partial charge in [-0.1, -0.05) is 11.6 Å². The predicted molar refractivity (Wildman–Crippen MR) is 101 cm³/mol. The predicted octanol–water partition coefficient (Wildman–Crippen LogP) is 3.99. The molecule has 0 saturated heterocycles. The SMILES string of the molecule is Cn1ncc2c1CCC[C@@H]2NC(=O)Cc1csc(-c2ccc(Cl)s2)n1. The summed E-state index contributed by atoms with van der Waals surface area (Å²) in [5.74, 6) is 0.00256. The van der Waals surface area contributed by atoms with Gasteiger partial charge in [-0.05, 0) is 31.4 Å². The molecule has 0 aromatic carbocycles. The number of hydrogen-bond donors (Lipinski definition) is 1. The van der Waals surface area contributed by atoms with Crippen LogP contribution in [-0.4, -0.2) is 20.7 Å². The molecule has 1 aliphatic carbocycles. The van der Waals surface area contributed by atoms with Gasteiger partial charge in [-0.2, -0.15) is 5.10 Å². The molecule has 0 bridgehead atoms. The Morgan fingerprint density at radius 2 is 2.36 bits per heavy atom. The van der Waals surface area contributed by atoms with Crippen molar-refractivity contribution in [3.8, 4) is 9.88 Å². The lowest BCUT2D eigenvalue weighted by Gasteiger charge is -2.23. The highest BCUT2D eigenvalue weighted by molar-refractivity contribution is 7.23. The zero-order valence-electron chi connectivity index (χ0n) is 13.7. The van der Waals surface area contributed by atoms with Gasteiger partial charge in [0.1, 0.15) is 5.01 Å². The highest BCUT2D eigenvalue weighted by Gasteiger charge is 2.25. The highest BCUT2D eigenvalue weighted by atomic mass is 35.5. The van der Waals surface area contributed by atoms with Crippen molar-refractivity contribution in [1.29, 1.82) is 0 Å². The van der Waals surface area contributed by atoms with Gasteiger partial charge in [-0.3, -0.25) is 9.48 Å². The maximum atomic E-state index is 12.5. The fourth-order valence-corrected chi connectivity index (χ4v) is 5.13. The summed E-state index contributed by atoms with van der Waals surface area (Å²) in [5, 5.41) is 10.3. The Balaban J connectivity index is 1.42. The van der Waals surface area contributed by atoms with E-state index >= 15 is 0 Å². The first kappa shape index (κ1) is 16.8. The molecule has 3 aromatic rings. The zero-order chi connectivity index (χ0) is 17.4. The molecule has 0 saturated carbocycles. The second-order valence-corrected chi connectivity index (χ2v) is 8.68. The number of nitrogens with zero attached hydrogens (tertiary/aromatic N) is 3. The molecular weight excluding hydrogens is 376 g/mol. The van der Waals surface area contributed by atoms with Gasteiger partial charge < -0.3 is 5.32 Å². The van der Waals surface area contributed by atoms with Gasteiger partial charge in [0.15, 0.2) is 0 Å². The second kappa shape index (κ2) is 6.90. The maximum absolute atomic E-state index is 12.5. The van der Waals surface area contributed by atoms with E-state index in [0.717, 1.165) is 44.7 Å². The molecule has 0 radical (unpaired) electrons. The summed E-state index contributed by atoms with van der Waals surface area (Å²) in [6.45, 7) is 0. The number of aromatic nitrogens is 3. The number of fused-ring (bicyclic) bond motifs is 1. The smallest absolute Gasteiger partial charge is 0.226 e. The third-order valence-corrected chi connectivity index (χ3v) is 6.68. The van der Waals surface area contributed by atoms with Crippen molar-refractivity contribution in [2.24, 2.45) is 7.05 Å². The summed E-state index contributed by atoms with van der Waals surface area (Å²) >= 11 is 9.02. The van der Waals surface area contributed by atoms with E-state index in [1.54, 1.807) is 11.3 Å². The van der Waals surface area contributed by atoms with Crippen LogP contribution in [0, 0.1) is 0 Å². The lowest BCUT2D eigenvalue weighted by molar-refractivity contribution is -0.121.